The number of hydrogen-bond acceptors (Lipinski definition) is 3. The zero-order valence-corrected chi connectivity index (χ0v) is 17.7. The predicted octanol–water partition coefficient (Wildman–Crippen LogP) is 5.16. The molecule has 0 radical (unpaired) electrons. The lowest BCUT2D eigenvalue weighted by molar-refractivity contribution is 0.115. The number of carbonyl (C=O) groups is 1. The van der Waals surface area contributed by atoms with Crippen molar-refractivity contribution >= 4 is 6.09 Å². The number of allylic oxidation sites excluding steroid dienone is 1. The summed E-state index contributed by atoms with van der Waals surface area (Å²) in [4.78, 5) is 11.9. The third-order valence-corrected chi connectivity index (χ3v) is 5.23. The van der Waals surface area contributed by atoms with Crippen LogP contribution in [0.3, 0.4) is 0 Å². The lowest BCUT2D eigenvalue weighted by Gasteiger charge is -2.15. The number of amides is 1. The van der Waals surface area contributed by atoms with E-state index in [0.717, 1.165) is 23.5 Å². The van der Waals surface area contributed by atoms with Crippen LogP contribution in [0.25, 0.3) is 5.69 Å². The van der Waals surface area contributed by atoms with Gasteiger partial charge in [0, 0.05) is 23.2 Å². The molecule has 0 saturated heterocycles. The van der Waals surface area contributed by atoms with Crippen LogP contribution in [0.2, 0.25) is 0 Å². The number of hydrogen-bond donors (Lipinski definition) is 1. The van der Waals surface area contributed by atoms with Gasteiger partial charge in [0.1, 0.15) is 6.10 Å². The van der Waals surface area contributed by atoms with Gasteiger partial charge in [0.15, 0.2) is 0 Å². The topological polar surface area (TPSA) is 56.2 Å². The van der Waals surface area contributed by atoms with Crippen molar-refractivity contribution in [3.05, 3.63) is 58.9 Å². The van der Waals surface area contributed by atoms with Crippen molar-refractivity contribution in [3.63, 3.8) is 0 Å². The van der Waals surface area contributed by atoms with E-state index < -0.39 is 0 Å². The number of nitrogens with zero attached hydrogens (tertiary/aromatic N) is 2. The highest BCUT2D eigenvalue weighted by Gasteiger charge is 2.28. The van der Waals surface area contributed by atoms with E-state index in [1.165, 1.54) is 11.1 Å². The van der Waals surface area contributed by atoms with Gasteiger partial charge in [0.25, 0.3) is 0 Å². The van der Waals surface area contributed by atoms with Crippen molar-refractivity contribution in [3.8, 4) is 5.69 Å². The quantitative estimate of drug-likeness (QED) is 0.728. The van der Waals surface area contributed by atoms with Gasteiger partial charge < -0.3 is 10.1 Å². The zero-order valence-electron chi connectivity index (χ0n) is 17.7. The fourth-order valence-electron chi connectivity index (χ4n) is 3.82. The predicted molar refractivity (Wildman–Crippen MR) is 112 cm³/mol. The molecule has 1 N–H and O–H groups in total. The highest BCUT2D eigenvalue weighted by Crippen LogP contribution is 2.35. The molecule has 1 amide bonds. The highest BCUT2D eigenvalue weighted by molar-refractivity contribution is 5.68. The van der Waals surface area contributed by atoms with Gasteiger partial charge in [-0.05, 0) is 63.8 Å². The zero-order chi connectivity index (χ0) is 20.4. The molecule has 2 atom stereocenters. The first-order chi connectivity index (χ1) is 13.3. The minimum Gasteiger partial charge on any atom is -0.442 e. The average Bonchev–Trinajstić information content (AvgIpc) is 3.18. The highest BCUT2D eigenvalue weighted by atomic mass is 16.6. The Balaban J connectivity index is 1.76. The van der Waals surface area contributed by atoms with Crippen molar-refractivity contribution < 1.29 is 9.53 Å². The van der Waals surface area contributed by atoms with Crippen LogP contribution in [-0.4, -0.2) is 28.0 Å². The number of alkyl carbamates (subject to hydrolysis) is 1. The molecular formula is C23H31N3O2. The average molecular weight is 382 g/mol. The molecule has 5 heteroatoms. The first-order valence-electron chi connectivity index (χ1n) is 10.1. The number of nitrogens with one attached hydrogen (secondary N) is 1. The maximum Gasteiger partial charge on any atom is 0.407 e. The minimum atomic E-state index is -0.361. The number of ether oxygens (including phenoxy) is 1. The first kappa shape index (κ1) is 20.2. The fourth-order valence-corrected chi connectivity index (χ4v) is 3.82. The summed E-state index contributed by atoms with van der Waals surface area (Å²) in [7, 11) is 0. The Bertz CT molecular complexity index is 863. The monoisotopic (exact) mass is 381 g/mol. The van der Waals surface area contributed by atoms with Crippen molar-refractivity contribution in [2.45, 2.75) is 71.9 Å². The van der Waals surface area contributed by atoms with Crippen molar-refractivity contribution in [1.29, 1.82) is 0 Å². The molecule has 1 aromatic carbocycles. The minimum absolute atomic E-state index is 0.0680. The molecule has 2 aromatic rings. The number of aryl methyl sites for hydroxylation is 1. The molecule has 0 spiro atoms. The maximum absolute atomic E-state index is 11.9. The molecule has 1 aromatic heterocycles. The van der Waals surface area contributed by atoms with E-state index in [2.05, 4.69) is 63.4 Å². The Hall–Kier alpha value is -2.56. The molecule has 0 fully saturated rings. The van der Waals surface area contributed by atoms with Crippen molar-refractivity contribution in [2.24, 2.45) is 0 Å². The van der Waals surface area contributed by atoms with E-state index in [4.69, 9.17) is 9.84 Å². The number of carbonyl (C=O) groups excluding carboxylic acids is 1. The molecule has 0 aliphatic heterocycles. The smallest absolute Gasteiger partial charge is 0.407 e. The molecule has 1 heterocycles. The Morgan fingerprint density at radius 3 is 2.43 bits per heavy atom. The van der Waals surface area contributed by atoms with Crippen molar-refractivity contribution in [1.82, 2.24) is 15.1 Å². The van der Waals surface area contributed by atoms with E-state index in [-0.39, 0.29) is 24.2 Å². The Morgan fingerprint density at radius 1 is 1.14 bits per heavy atom. The van der Waals surface area contributed by atoms with E-state index in [1.807, 2.05) is 24.6 Å². The number of aromatic nitrogens is 2. The fraction of sp³-hybridized carbons (Fsp3) is 0.478. The second-order valence-corrected chi connectivity index (χ2v) is 8.21. The number of benzene rings is 1. The van der Waals surface area contributed by atoms with Gasteiger partial charge in [-0.15, -0.1) is 0 Å². The molecule has 3 rings (SSSR count). The Morgan fingerprint density at radius 2 is 1.82 bits per heavy atom. The normalized spacial score (nSPS) is 18.9. The van der Waals surface area contributed by atoms with Crippen LogP contribution in [0.1, 0.15) is 68.5 Å². The van der Waals surface area contributed by atoms with Crippen LogP contribution >= 0.6 is 0 Å². The van der Waals surface area contributed by atoms with Gasteiger partial charge >= 0.3 is 6.09 Å². The van der Waals surface area contributed by atoms with Gasteiger partial charge in [0.05, 0.1) is 11.4 Å². The lowest BCUT2D eigenvalue weighted by Crippen LogP contribution is -2.33. The standard InChI is InChI=1S/C23H31N3O2/c1-14(2)18-7-10-20(11-8-18)26-17(6)22(16(5)25-26)19-9-12-21(13-19)28-23(27)24-15(3)4/h7-12,14-15,19,21H,13H2,1-6H3,(H,24,27)/t19-,21+/m0/s1. The van der Waals surface area contributed by atoms with Gasteiger partial charge in [-0.3, -0.25) is 0 Å². The molecule has 1 aliphatic carbocycles. The van der Waals surface area contributed by atoms with Crippen molar-refractivity contribution in [2.75, 3.05) is 0 Å². The van der Waals surface area contributed by atoms with Crippen LogP contribution in [0.5, 0.6) is 0 Å². The summed E-state index contributed by atoms with van der Waals surface area (Å²) < 4.78 is 7.53. The van der Waals surface area contributed by atoms with E-state index in [0.29, 0.717) is 5.92 Å². The molecule has 1 aliphatic rings. The Labute approximate surface area is 167 Å². The molecule has 0 unspecified atom stereocenters. The third kappa shape index (κ3) is 4.29. The van der Waals surface area contributed by atoms with Crippen LogP contribution in [0.4, 0.5) is 4.79 Å². The van der Waals surface area contributed by atoms with Gasteiger partial charge in [-0.2, -0.15) is 5.10 Å². The van der Waals surface area contributed by atoms with E-state index in [9.17, 15) is 4.79 Å². The van der Waals surface area contributed by atoms with E-state index in [1.54, 1.807) is 0 Å². The van der Waals surface area contributed by atoms with Gasteiger partial charge in [0.2, 0.25) is 0 Å². The van der Waals surface area contributed by atoms with Gasteiger partial charge in [-0.1, -0.05) is 32.1 Å². The second-order valence-electron chi connectivity index (χ2n) is 8.21. The van der Waals surface area contributed by atoms with Crippen LogP contribution in [-0.2, 0) is 4.74 Å². The first-order valence-corrected chi connectivity index (χ1v) is 10.1. The summed E-state index contributed by atoms with van der Waals surface area (Å²) >= 11 is 0. The van der Waals surface area contributed by atoms with Crippen LogP contribution in [0.15, 0.2) is 36.4 Å². The molecule has 5 nitrogen and oxygen atoms in total. The van der Waals surface area contributed by atoms with Crippen LogP contribution in [0, 0.1) is 13.8 Å². The van der Waals surface area contributed by atoms with E-state index >= 15 is 0 Å². The molecule has 150 valence electrons. The lowest BCUT2D eigenvalue weighted by atomic mass is 9.96. The maximum atomic E-state index is 11.9. The summed E-state index contributed by atoms with van der Waals surface area (Å²) in [5.74, 6) is 0.721. The second kappa shape index (κ2) is 8.21. The largest absolute Gasteiger partial charge is 0.442 e. The molecule has 0 saturated carbocycles. The van der Waals surface area contributed by atoms with Crippen LogP contribution < -0.4 is 5.32 Å². The molecular weight excluding hydrogens is 350 g/mol. The number of rotatable bonds is 5. The Kier molecular flexibility index (Phi) is 5.92. The summed E-state index contributed by atoms with van der Waals surface area (Å²) in [5.41, 5.74) is 5.77. The summed E-state index contributed by atoms with van der Waals surface area (Å²) in [6, 6.07) is 8.67. The summed E-state index contributed by atoms with van der Waals surface area (Å²) in [6.07, 6.45) is 4.32. The summed E-state index contributed by atoms with van der Waals surface area (Å²) in [5, 5.41) is 7.56. The summed E-state index contributed by atoms with van der Waals surface area (Å²) in [6.45, 7) is 12.4. The molecule has 0 bridgehead atoms. The SMILES string of the molecule is Cc1nn(-c2ccc(C(C)C)cc2)c(C)c1[C@H]1C=C[C@@H](OC(=O)NC(C)C)C1. The molecule has 28 heavy (non-hydrogen) atoms. The van der Waals surface area contributed by atoms with Gasteiger partial charge in [-0.25, -0.2) is 9.48 Å². The third-order valence-electron chi connectivity index (χ3n) is 5.23.